The lowest BCUT2D eigenvalue weighted by Crippen LogP contribution is -2.35. The number of hydrogen-bond acceptors (Lipinski definition) is 3. The summed E-state index contributed by atoms with van der Waals surface area (Å²) < 4.78 is 10.9. The Kier molecular flexibility index (Phi) is 31.0. The number of nitrogens with zero attached hydrogens (tertiary/aromatic N) is 2. The molecule has 0 saturated carbocycles. The van der Waals surface area contributed by atoms with Gasteiger partial charge in [0, 0.05) is 0 Å². The Labute approximate surface area is 233 Å². The van der Waals surface area contributed by atoms with Gasteiger partial charge in [0.05, 0.1) is 63.2 Å². The Balaban J connectivity index is -0.000000528. The molecule has 0 radical (unpaired) electrons. The topological polar surface area (TPSA) is 83.4 Å². The second kappa shape index (κ2) is 27.6. The van der Waals surface area contributed by atoms with Gasteiger partial charge in [0.25, 0.3) is 0 Å². The van der Waals surface area contributed by atoms with Crippen LogP contribution in [-0.2, 0) is 4.57 Å². The van der Waals surface area contributed by atoms with Crippen LogP contribution in [-0.4, -0.2) is 69.2 Å². The SMILES string of the molecule is CCCCCCCCCCCC[N+](C)(C)C.CCCCCCCCCCCC[N+](C)(C)C.O=P([O-])([O-])O. The molecule has 228 valence electrons. The van der Waals surface area contributed by atoms with E-state index >= 15 is 0 Å². The van der Waals surface area contributed by atoms with Crippen LogP contribution in [0.15, 0.2) is 0 Å². The Morgan fingerprint density at radius 3 is 0.784 bits per heavy atom. The van der Waals surface area contributed by atoms with Gasteiger partial charge >= 0.3 is 0 Å². The maximum Gasteiger partial charge on any atom is 0.0780 e. The molecule has 0 aromatic carbocycles. The molecule has 0 heterocycles. The van der Waals surface area contributed by atoms with Crippen LogP contribution < -0.4 is 9.79 Å². The van der Waals surface area contributed by atoms with Gasteiger partial charge in [-0.05, 0) is 25.7 Å². The smallest absolute Gasteiger partial charge is 0.0780 e. The lowest BCUT2D eigenvalue weighted by atomic mass is 10.1. The number of phosphoric acid groups is 1. The first-order valence-corrected chi connectivity index (χ1v) is 17.0. The molecule has 0 aliphatic rings. The van der Waals surface area contributed by atoms with Crippen molar-refractivity contribution in [3.8, 4) is 0 Å². The fourth-order valence-electron chi connectivity index (χ4n) is 4.15. The number of hydrogen-bond donors (Lipinski definition) is 1. The third-order valence-electron chi connectivity index (χ3n) is 6.36. The molecule has 0 atom stereocenters. The van der Waals surface area contributed by atoms with Gasteiger partial charge in [-0.15, -0.1) is 0 Å². The predicted molar refractivity (Wildman–Crippen MR) is 159 cm³/mol. The molecule has 0 saturated heterocycles. The highest BCUT2D eigenvalue weighted by atomic mass is 31.2. The number of rotatable bonds is 22. The first-order valence-electron chi connectivity index (χ1n) is 15.5. The van der Waals surface area contributed by atoms with Crippen molar-refractivity contribution in [3.05, 3.63) is 0 Å². The minimum Gasteiger partial charge on any atom is -0.790 e. The fourth-order valence-corrected chi connectivity index (χ4v) is 4.15. The van der Waals surface area contributed by atoms with Crippen molar-refractivity contribution in [3.63, 3.8) is 0 Å². The van der Waals surface area contributed by atoms with Crippen molar-refractivity contribution < 1.29 is 28.2 Å². The van der Waals surface area contributed by atoms with E-state index in [0.29, 0.717) is 0 Å². The molecule has 0 bridgehead atoms. The second-order valence-corrected chi connectivity index (χ2v) is 13.8. The van der Waals surface area contributed by atoms with E-state index in [-0.39, 0.29) is 0 Å². The van der Waals surface area contributed by atoms with Gasteiger partial charge in [0.1, 0.15) is 0 Å². The van der Waals surface area contributed by atoms with Crippen molar-refractivity contribution in [2.24, 2.45) is 0 Å². The molecule has 0 rings (SSSR count). The van der Waals surface area contributed by atoms with Gasteiger partial charge < -0.3 is 28.2 Å². The summed E-state index contributed by atoms with van der Waals surface area (Å²) in [5.41, 5.74) is 0. The second-order valence-electron chi connectivity index (χ2n) is 12.9. The van der Waals surface area contributed by atoms with Gasteiger partial charge in [-0.3, -0.25) is 0 Å². The van der Waals surface area contributed by atoms with E-state index in [0.717, 1.165) is 8.97 Å². The van der Waals surface area contributed by atoms with Gasteiger partial charge in [-0.2, -0.15) is 0 Å². The van der Waals surface area contributed by atoms with Crippen LogP contribution in [0.2, 0.25) is 0 Å². The zero-order valence-corrected chi connectivity index (χ0v) is 27.5. The molecule has 0 aromatic rings. The number of quaternary nitrogens is 2. The summed E-state index contributed by atoms with van der Waals surface area (Å²) in [6.07, 6.45) is 28.8. The molecular formula is C30H69N2O4P. The zero-order chi connectivity index (χ0) is 29.1. The zero-order valence-electron chi connectivity index (χ0n) is 26.6. The van der Waals surface area contributed by atoms with E-state index in [4.69, 9.17) is 19.2 Å². The first kappa shape index (κ1) is 41.5. The van der Waals surface area contributed by atoms with Crippen LogP contribution in [0.4, 0.5) is 0 Å². The third-order valence-corrected chi connectivity index (χ3v) is 6.36. The molecule has 0 aliphatic heterocycles. The molecular weight excluding hydrogens is 483 g/mol. The number of unbranched alkanes of at least 4 members (excludes halogenated alkanes) is 18. The van der Waals surface area contributed by atoms with E-state index in [1.165, 1.54) is 142 Å². The summed E-state index contributed by atoms with van der Waals surface area (Å²) >= 11 is 0. The highest BCUT2D eigenvalue weighted by Crippen LogP contribution is 2.12. The van der Waals surface area contributed by atoms with E-state index < -0.39 is 7.82 Å². The van der Waals surface area contributed by atoms with Crippen LogP contribution in [0.5, 0.6) is 0 Å². The van der Waals surface area contributed by atoms with E-state index in [1.54, 1.807) is 0 Å². The molecule has 6 nitrogen and oxygen atoms in total. The summed E-state index contributed by atoms with van der Waals surface area (Å²) in [7, 11) is 8.57. The molecule has 0 aromatic heterocycles. The molecule has 0 spiro atoms. The van der Waals surface area contributed by atoms with Gasteiger partial charge in [-0.25, -0.2) is 0 Å². The van der Waals surface area contributed by atoms with Crippen molar-refractivity contribution >= 4 is 7.82 Å². The molecule has 0 fully saturated rings. The van der Waals surface area contributed by atoms with Crippen LogP contribution in [0.25, 0.3) is 0 Å². The summed E-state index contributed by atoms with van der Waals surface area (Å²) in [5, 5.41) is 0. The van der Waals surface area contributed by atoms with Crippen molar-refractivity contribution in [1.82, 2.24) is 0 Å². The average molecular weight is 553 g/mol. The minimum atomic E-state index is -5.14. The molecule has 0 aliphatic carbocycles. The van der Waals surface area contributed by atoms with Gasteiger partial charge in [0.2, 0.25) is 0 Å². The Morgan fingerprint density at radius 1 is 0.459 bits per heavy atom. The van der Waals surface area contributed by atoms with Crippen LogP contribution in [0, 0.1) is 0 Å². The Morgan fingerprint density at radius 2 is 0.622 bits per heavy atom. The largest absolute Gasteiger partial charge is 0.790 e. The molecule has 1 N–H and O–H groups in total. The van der Waals surface area contributed by atoms with E-state index in [1.807, 2.05) is 0 Å². The quantitative estimate of drug-likeness (QED) is 0.0887. The maximum atomic E-state index is 8.66. The van der Waals surface area contributed by atoms with Crippen molar-refractivity contribution in [1.29, 1.82) is 0 Å². The van der Waals surface area contributed by atoms with Crippen LogP contribution in [0.3, 0.4) is 0 Å². The average Bonchev–Trinajstić information content (AvgIpc) is 2.74. The Bertz CT molecular complexity index is 443. The standard InChI is InChI=1S/2C15H34N.H3O4P/c2*1-5-6-7-8-9-10-11-12-13-14-15-16(2,3)4;1-5(2,3)4/h2*5-15H2,1-4H3;(H3,1,2,3,4)/q2*+1;/p-2. The summed E-state index contributed by atoms with van der Waals surface area (Å²) in [6, 6.07) is 0. The molecule has 0 unspecified atom stereocenters. The lowest BCUT2D eigenvalue weighted by Gasteiger charge is -2.23. The fraction of sp³-hybridized carbons (Fsp3) is 1.00. The monoisotopic (exact) mass is 552 g/mol. The van der Waals surface area contributed by atoms with E-state index in [2.05, 4.69) is 56.1 Å². The Hall–Kier alpha value is 0.0300. The molecule has 0 amide bonds. The normalized spacial score (nSPS) is 12.0. The van der Waals surface area contributed by atoms with Gasteiger partial charge in [-0.1, -0.05) is 117 Å². The molecule has 37 heavy (non-hydrogen) atoms. The maximum absolute atomic E-state index is 8.66. The minimum absolute atomic E-state index is 1.12. The van der Waals surface area contributed by atoms with Gasteiger partial charge in [0.15, 0.2) is 0 Å². The summed E-state index contributed by atoms with van der Waals surface area (Å²) in [5.74, 6) is 0. The van der Waals surface area contributed by atoms with Crippen molar-refractivity contribution in [2.45, 2.75) is 142 Å². The predicted octanol–water partition coefficient (Wildman–Crippen LogP) is 7.03. The van der Waals surface area contributed by atoms with Crippen molar-refractivity contribution in [2.75, 3.05) is 55.4 Å². The first-order chi connectivity index (χ1) is 17.1. The summed E-state index contributed by atoms with van der Waals surface area (Å²) in [6.45, 7) is 7.23. The lowest BCUT2D eigenvalue weighted by molar-refractivity contribution is -0.870. The van der Waals surface area contributed by atoms with Crippen LogP contribution in [0.1, 0.15) is 142 Å². The van der Waals surface area contributed by atoms with E-state index in [9.17, 15) is 0 Å². The highest BCUT2D eigenvalue weighted by molar-refractivity contribution is 7.42. The highest BCUT2D eigenvalue weighted by Gasteiger charge is 2.05. The summed E-state index contributed by atoms with van der Waals surface area (Å²) in [4.78, 5) is 24.3. The van der Waals surface area contributed by atoms with Crippen LogP contribution >= 0.6 is 7.82 Å². The molecule has 7 heteroatoms. The third kappa shape index (κ3) is 61.6.